The van der Waals surface area contributed by atoms with Crippen LogP contribution in [-0.2, 0) is 9.53 Å². The molecular formula is C17H16ClNO4. The van der Waals surface area contributed by atoms with Crippen molar-refractivity contribution < 1.29 is 19.1 Å². The number of esters is 1. The van der Waals surface area contributed by atoms with Gasteiger partial charge in [-0.25, -0.2) is 4.79 Å². The summed E-state index contributed by atoms with van der Waals surface area (Å²) in [5, 5.41) is 3.33. The highest BCUT2D eigenvalue weighted by Gasteiger charge is 2.07. The molecule has 2 rings (SSSR count). The zero-order valence-electron chi connectivity index (χ0n) is 12.8. The number of ether oxygens (including phenoxy) is 2. The van der Waals surface area contributed by atoms with Crippen LogP contribution in [0.3, 0.4) is 0 Å². The molecule has 0 aromatic heterocycles. The van der Waals surface area contributed by atoms with Gasteiger partial charge in [0.1, 0.15) is 5.75 Å². The van der Waals surface area contributed by atoms with Gasteiger partial charge in [-0.1, -0.05) is 11.6 Å². The number of carbonyl (C=O) groups excluding carboxylic acids is 2. The van der Waals surface area contributed by atoms with Crippen molar-refractivity contribution in [3.05, 3.63) is 58.6 Å². The molecule has 0 unspecified atom stereocenters. The SMILES string of the molecule is COC(=O)c1ccc(NC(=O)COc2ccc(Cl)c(C)c2)cc1. The average Bonchev–Trinajstić information content (AvgIpc) is 2.56. The number of benzene rings is 2. The first kappa shape index (κ1) is 16.8. The Balaban J connectivity index is 1.89. The number of rotatable bonds is 5. The molecule has 0 bridgehead atoms. The summed E-state index contributed by atoms with van der Waals surface area (Å²) in [7, 11) is 1.31. The lowest BCUT2D eigenvalue weighted by molar-refractivity contribution is -0.118. The van der Waals surface area contributed by atoms with Gasteiger partial charge in [0.2, 0.25) is 0 Å². The zero-order chi connectivity index (χ0) is 16.8. The summed E-state index contributed by atoms with van der Waals surface area (Å²) >= 11 is 5.93. The van der Waals surface area contributed by atoms with Gasteiger partial charge in [-0.3, -0.25) is 4.79 Å². The molecule has 0 aliphatic rings. The zero-order valence-corrected chi connectivity index (χ0v) is 13.5. The van der Waals surface area contributed by atoms with Crippen LogP contribution in [0.25, 0.3) is 0 Å². The van der Waals surface area contributed by atoms with E-state index < -0.39 is 5.97 Å². The highest BCUT2D eigenvalue weighted by Crippen LogP contribution is 2.21. The minimum atomic E-state index is -0.427. The predicted molar refractivity (Wildman–Crippen MR) is 88.1 cm³/mol. The number of anilines is 1. The lowest BCUT2D eigenvalue weighted by Gasteiger charge is -2.09. The van der Waals surface area contributed by atoms with Crippen LogP contribution in [0.4, 0.5) is 5.69 Å². The molecule has 0 heterocycles. The summed E-state index contributed by atoms with van der Waals surface area (Å²) in [6.45, 7) is 1.73. The van der Waals surface area contributed by atoms with E-state index in [4.69, 9.17) is 16.3 Å². The van der Waals surface area contributed by atoms with Crippen molar-refractivity contribution in [2.75, 3.05) is 19.0 Å². The number of nitrogens with one attached hydrogen (secondary N) is 1. The Morgan fingerprint density at radius 2 is 1.83 bits per heavy atom. The van der Waals surface area contributed by atoms with Crippen molar-refractivity contribution in [3.8, 4) is 5.75 Å². The summed E-state index contributed by atoms with van der Waals surface area (Å²) in [5.74, 6) is -0.157. The molecule has 6 heteroatoms. The van der Waals surface area contributed by atoms with Crippen molar-refractivity contribution in [2.24, 2.45) is 0 Å². The molecule has 0 fully saturated rings. The van der Waals surface area contributed by atoms with Crippen molar-refractivity contribution in [3.63, 3.8) is 0 Å². The van der Waals surface area contributed by atoms with Crippen LogP contribution in [0.2, 0.25) is 5.02 Å². The molecule has 0 aliphatic heterocycles. The number of hydrogen-bond donors (Lipinski definition) is 1. The summed E-state index contributed by atoms with van der Waals surface area (Å²) in [6, 6.07) is 11.6. The molecule has 1 N–H and O–H groups in total. The van der Waals surface area contributed by atoms with Crippen LogP contribution in [0.5, 0.6) is 5.75 Å². The summed E-state index contributed by atoms with van der Waals surface area (Å²) in [5.41, 5.74) is 1.86. The van der Waals surface area contributed by atoms with Crippen LogP contribution >= 0.6 is 11.6 Å². The lowest BCUT2D eigenvalue weighted by atomic mass is 10.2. The van der Waals surface area contributed by atoms with Crippen LogP contribution in [0.15, 0.2) is 42.5 Å². The minimum Gasteiger partial charge on any atom is -0.484 e. The van der Waals surface area contributed by atoms with Crippen molar-refractivity contribution in [1.82, 2.24) is 0 Å². The smallest absolute Gasteiger partial charge is 0.337 e. The van der Waals surface area contributed by atoms with Gasteiger partial charge < -0.3 is 14.8 Å². The average molecular weight is 334 g/mol. The first-order chi connectivity index (χ1) is 11.0. The fraction of sp³-hybridized carbons (Fsp3) is 0.176. The first-order valence-corrected chi connectivity index (χ1v) is 7.24. The van der Waals surface area contributed by atoms with Crippen LogP contribution in [-0.4, -0.2) is 25.6 Å². The molecule has 2 aromatic rings. The second-order valence-electron chi connectivity index (χ2n) is 4.82. The van der Waals surface area contributed by atoms with E-state index in [2.05, 4.69) is 10.1 Å². The number of methoxy groups -OCH3 is 1. The molecule has 0 saturated carbocycles. The van der Waals surface area contributed by atoms with Crippen LogP contribution < -0.4 is 10.1 Å². The van der Waals surface area contributed by atoms with Gasteiger partial charge >= 0.3 is 5.97 Å². The Morgan fingerprint density at radius 3 is 2.43 bits per heavy atom. The molecule has 23 heavy (non-hydrogen) atoms. The monoisotopic (exact) mass is 333 g/mol. The Morgan fingerprint density at radius 1 is 1.13 bits per heavy atom. The predicted octanol–water partition coefficient (Wildman–Crippen LogP) is 3.45. The third-order valence-electron chi connectivity index (χ3n) is 3.09. The Hall–Kier alpha value is -2.53. The van der Waals surface area contributed by atoms with E-state index in [1.807, 2.05) is 6.92 Å². The van der Waals surface area contributed by atoms with E-state index >= 15 is 0 Å². The molecule has 0 atom stereocenters. The van der Waals surface area contributed by atoms with Crippen molar-refractivity contribution in [2.45, 2.75) is 6.92 Å². The summed E-state index contributed by atoms with van der Waals surface area (Å²) in [6.07, 6.45) is 0. The molecular weight excluding hydrogens is 318 g/mol. The standard InChI is InChI=1S/C17H16ClNO4/c1-11-9-14(7-8-15(11)18)23-10-16(20)19-13-5-3-12(4-6-13)17(21)22-2/h3-9H,10H2,1-2H3,(H,19,20). The van der Waals surface area contributed by atoms with Crippen LogP contribution in [0, 0.1) is 6.92 Å². The number of carbonyl (C=O) groups is 2. The number of hydrogen-bond acceptors (Lipinski definition) is 4. The third-order valence-corrected chi connectivity index (χ3v) is 3.51. The minimum absolute atomic E-state index is 0.125. The Kier molecular flexibility index (Phi) is 5.60. The van der Waals surface area contributed by atoms with Gasteiger partial charge in [0.05, 0.1) is 12.7 Å². The molecule has 2 aromatic carbocycles. The Bertz CT molecular complexity index is 713. The Labute approximate surface area is 139 Å². The fourth-order valence-electron chi connectivity index (χ4n) is 1.86. The molecule has 0 saturated heterocycles. The topological polar surface area (TPSA) is 64.6 Å². The van der Waals surface area contributed by atoms with E-state index in [0.717, 1.165) is 5.56 Å². The van der Waals surface area contributed by atoms with Crippen molar-refractivity contribution in [1.29, 1.82) is 0 Å². The van der Waals surface area contributed by atoms with E-state index in [-0.39, 0.29) is 12.5 Å². The van der Waals surface area contributed by atoms with Gasteiger partial charge in [0, 0.05) is 10.7 Å². The molecule has 1 amide bonds. The fourth-order valence-corrected chi connectivity index (χ4v) is 1.98. The summed E-state index contributed by atoms with van der Waals surface area (Å²) in [4.78, 5) is 23.2. The molecule has 5 nitrogen and oxygen atoms in total. The maximum atomic E-state index is 11.9. The maximum Gasteiger partial charge on any atom is 0.337 e. The van der Waals surface area contributed by atoms with Gasteiger partial charge in [-0.05, 0) is 55.0 Å². The molecule has 0 aliphatic carbocycles. The first-order valence-electron chi connectivity index (χ1n) is 6.87. The van der Waals surface area contributed by atoms with Gasteiger partial charge in [-0.15, -0.1) is 0 Å². The quantitative estimate of drug-likeness (QED) is 0.851. The lowest BCUT2D eigenvalue weighted by Crippen LogP contribution is -2.20. The van der Waals surface area contributed by atoms with E-state index in [1.165, 1.54) is 7.11 Å². The van der Waals surface area contributed by atoms with Gasteiger partial charge in [0.25, 0.3) is 5.91 Å². The number of aryl methyl sites for hydroxylation is 1. The largest absolute Gasteiger partial charge is 0.484 e. The van der Waals surface area contributed by atoms with E-state index in [0.29, 0.717) is 22.0 Å². The number of amides is 1. The van der Waals surface area contributed by atoms with Gasteiger partial charge in [0.15, 0.2) is 6.61 Å². The van der Waals surface area contributed by atoms with E-state index in [1.54, 1.807) is 42.5 Å². The second kappa shape index (κ2) is 7.65. The van der Waals surface area contributed by atoms with Crippen LogP contribution in [0.1, 0.15) is 15.9 Å². The highest BCUT2D eigenvalue weighted by molar-refractivity contribution is 6.31. The maximum absolute atomic E-state index is 11.9. The van der Waals surface area contributed by atoms with E-state index in [9.17, 15) is 9.59 Å². The molecule has 0 radical (unpaired) electrons. The van der Waals surface area contributed by atoms with Gasteiger partial charge in [-0.2, -0.15) is 0 Å². The number of halogens is 1. The summed E-state index contributed by atoms with van der Waals surface area (Å²) < 4.78 is 10.0. The highest BCUT2D eigenvalue weighted by atomic mass is 35.5. The normalized spacial score (nSPS) is 10.0. The molecule has 0 spiro atoms. The second-order valence-corrected chi connectivity index (χ2v) is 5.22. The third kappa shape index (κ3) is 4.72. The molecule has 120 valence electrons. The van der Waals surface area contributed by atoms with Crippen molar-refractivity contribution >= 4 is 29.2 Å².